The van der Waals surface area contributed by atoms with E-state index in [0.29, 0.717) is 36.1 Å². The zero-order chi connectivity index (χ0) is 23.8. The lowest BCUT2D eigenvalue weighted by Crippen LogP contribution is -2.10. The number of nitrogens with one attached hydrogen (secondary N) is 1. The summed E-state index contributed by atoms with van der Waals surface area (Å²) in [6.45, 7) is 10.7. The number of hydrogen-bond acceptors (Lipinski definition) is 7. The molecule has 2 aromatic carbocycles. The molecule has 0 spiro atoms. The van der Waals surface area contributed by atoms with Crippen molar-refractivity contribution < 1.29 is 14.2 Å². The van der Waals surface area contributed by atoms with Crippen LogP contribution in [0.3, 0.4) is 0 Å². The number of benzene rings is 2. The Morgan fingerprint density at radius 1 is 1.09 bits per heavy atom. The van der Waals surface area contributed by atoms with Gasteiger partial charge in [-0.15, -0.1) is 6.58 Å². The molecule has 3 aromatic rings. The quantitative estimate of drug-likeness (QED) is 0.140. The van der Waals surface area contributed by atoms with Crippen LogP contribution in [0.5, 0.6) is 23.1 Å². The highest BCUT2D eigenvalue weighted by Gasteiger charge is 2.19. The molecule has 33 heavy (non-hydrogen) atoms. The van der Waals surface area contributed by atoms with Gasteiger partial charge in [-0.3, -0.25) is 0 Å². The molecule has 0 aliphatic heterocycles. The molecule has 0 radical (unpaired) electrons. The van der Waals surface area contributed by atoms with E-state index < -0.39 is 0 Å². The lowest BCUT2D eigenvalue weighted by atomic mass is 9.87. The molecule has 8 heteroatoms. The maximum Gasteiger partial charge on any atom is 0.264 e. The molecule has 0 atom stereocenters. The molecule has 1 heterocycles. The molecule has 0 aliphatic carbocycles. The predicted molar refractivity (Wildman–Crippen MR) is 135 cm³/mol. The third-order valence-corrected chi connectivity index (χ3v) is 5.59. The SMILES string of the molecule is C=CCCOc1nc(Cl)nc(NSc2ccc(C(C)(C)C)cc2)c1Oc1cccc(OC)c1. The number of nitrogens with zero attached hydrogens (tertiary/aromatic N) is 2. The monoisotopic (exact) mass is 485 g/mol. The predicted octanol–water partition coefficient (Wildman–Crippen LogP) is 7.30. The summed E-state index contributed by atoms with van der Waals surface area (Å²) in [5.74, 6) is 2.19. The molecule has 1 N–H and O–H groups in total. The number of ether oxygens (including phenoxy) is 3. The second kappa shape index (κ2) is 11.3. The van der Waals surface area contributed by atoms with Gasteiger partial charge in [0.05, 0.1) is 13.7 Å². The van der Waals surface area contributed by atoms with Gasteiger partial charge in [-0.1, -0.05) is 45.0 Å². The van der Waals surface area contributed by atoms with Crippen molar-refractivity contribution in [2.24, 2.45) is 0 Å². The molecular formula is C25H28ClN3O3S. The van der Waals surface area contributed by atoms with Crippen molar-refractivity contribution in [1.82, 2.24) is 9.97 Å². The van der Waals surface area contributed by atoms with Gasteiger partial charge in [-0.25, -0.2) is 0 Å². The number of methoxy groups -OCH3 is 1. The van der Waals surface area contributed by atoms with Gasteiger partial charge >= 0.3 is 0 Å². The Labute approximate surface area is 204 Å². The van der Waals surface area contributed by atoms with Crippen molar-refractivity contribution in [3.8, 4) is 23.1 Å². The summed E-state index contributed by atoms with van der Waals surface area (Å²) in [6.07, 6.45) is 2.42. The first-order valence-corrected chi connectivity index (χ1v) is 11.7. The minimum absolute atomic E-state index is 0.0489. The summed E-state index contributed by atoms with van der Waals surface area (Å²) in [7, 11) is 1.60. The minimum atomic E-state index is 0.0489. The molecule has 0 bridgehead atoms. The van der Waals surface area contributed by atoms with Crippen LogP contribution in [0.25, 0.3) is 0 Å². The minimum Gasteiger partial charge on any atom is -0.497 e. The first-order chi connectivity index (χ1) is 15.8. The molecule has 0 fully saturated rings. The van der Waals surface area contributed by atoms with E-state index in [0.717, 1.165) is 4.90 Å². The fraction of sp³-hybridized carbons (Fsp3) is 0.280. The summed E-state index contributed by atoms with van der Waals surface area (Å²) in [5.41, 5.74) is 1.35. The van der Waals surface area contributed by atoms with Crippen molar-refractivity contribution in [2.75, 3.05) is 18.4 Å². The number of rotatable bonds is 10. The van der Waals surface area contributed by atoms with Crippen LogP contribution in [0.2, 0.25) is 5.28 Å². The van der Waals surface area contributed by atoms with E-state index in [1.54, 1.807) is 19.3 Å². The molecule has 3 rings (SSSR count). The van der Waals surface area contributed by atoms with Crippen molar-refractivity contribution in [1.29, 1.82) is 0 Å². The zero-order valence-electron chi connectivity index (χ0n) is 19.2. The molecule has 0 unspecified atom stereocenters. The van der Waals surface area contributed by atoms with Gasteiger partial charge in [0.25, 0.3) is 5.88 Å². The summed E-state index contributed by atoms with van der Waals surface area (Å²) in [4.78, 5) is 9.58. The van der Waals surface area contributed by atoms with Crippen LogP contribution in [0.15, 0.2) is 66.1 Å². The Hall–Kier alpha value is -2.90. The smallest absolute Gasteiger partial charge is 0.264 e. The zero-order valence-corrected chi connectivity index (χ0v) is 20.8. The molecule has 0 amide bonds. The van der Waals surface area contributed by atoms with Gasteiger partial charge in [-0.2, -0.15) is 9.97 Å². The van der Waals surface area contributed by atoms with Gasteiger partial charge < -0.3 is 18.9 Å². The Balaban J connectivity index is 1.88. The highest BCUT2D eigenvalue weighted by Crippen LogP contribution is 2.40. The van der Waals surface area contributed by atoms with E-state index >= 15 is 0 Å². The van der Waals surface area contributed by atoms with Gasteiger partial charge in [0.2, 0.25) is 11.0 Å². The van der Waals surface area contributed by atoms with Crippen LogP contribution in [0.4, 0.5) is 5.82 Å². The summed E-state index contributed by atoms with van der Waals surface area (Å²) in [6, 6.07) is 15.6. The van der Waals surface area contributed by atoms with Gasteiger partial charge in [0.1, 0.15) is 11.5 Å². The molecular weight excluding hydrogens is 458 g/mol. The Bertz CT molecular complexity index is 1090. The average molecular weight is 486 g/mol. The number of hydrogen-bond donors (Lipinski definition) is 1. The summed E-state index contributed by atoms with van der Waals surface area (Å²) in [5, 5.41) is 0.0489. The molecule has 0 saturated carbocycles. The lowest BCUT2D eigenvalue weighted by Gasteiger charge is -2.19. The lowest BCUT2D eigenvalue weighted by molar-refractivity contribution is 0.295. The molecule has 174 valence electrons. The second-order valence-electron chi connectivity index (χ2n) is 8.16. The third-order valence-electron chi connectivity index (χ3n) is 4.61. The largest absolute Gasteiger partial charge is 0.497 e. The summed E-state index contributed by atoms with van der Waals surface area (Å²) < 4.78 is 20.5. The van der Waals surface area contributed by atoms with Crippen molar-refractivity contribution in [2.45, 2.75) is 37.5 Å². The van der Waals surface area contributed by atoms with Crippen molar-refractivity contribution >= 4 is 29.4 Å². The number of anilines is 1. The number of aromatic nitrogens is 2. The van der Waals surface area contributed by atoms with Crippen molar-refractivity contribution in [3.05, 3.63) is 72.0 Å². The topological polar surface area (TPSA) is 65.5 Å². The first kappa shape index (κ1) is 24.7. The van der Waals surface area contributed by atoms with E-state index in [2.05, 4.69) is 66.3 Å². The average Bonchev–Trinajstić information content (AvgIpc) is 2.79. The third kappa shape index (κ3) is 7.04. The highest BCUT2D eigenvalue weighted by molar-refractivity contribution is 8.00. The highest BCUT2D eigenvalue weighted by atomic mass is 35.5. The fourth-order valence-corrected chi connectivity index (χ4v) is 3.60. The summed E-state index contributed by atoms with van der Waals surface area (Å²) >= 11 is 7.59. The van der Waals surface area contributed by atoms with Crippen LogP contribution in [0.1, 0.15) is 32.8 Å². The van der Waals surface area contributed by atoms with Crippen LogP contribution >= 0.6 is 23.5 Å². The Morgan fingerprint density at radius 2 is 1.82 bits per heavy atom. The van der Waals surface area contributed by atoms with E-state index in [1.165, 1.54) is 17.5 Å². The number of halogens is 1. The van der Waals surface area contributed by atoms with E-state index in [1.807, 2.05) is 18.2 Å². The van der Waals surface area contributed by atoms with E-state index in [-0.39, 0.29) is 16.6 Å². The molecule has 0 saturated heterocycles. The fourth-order valence-electron chi connectivity index (χ4n) is 2.81. The van der Waals surface area contributed by atoms with Crippen LogP contribution < -0.4 is 18.9 Å². The van der Waals surface area contributed by atoms with Crippen molar-refractivity contribution in [3.63, 3.8) is 0 Å². The normalized spacial score (nSPS) is 11.1. The molecule has 0 aliphatic rings. The second-order valence-corrected chi connectivity index (χ2v) is 9.38. The van der Waals surface area contributed by atoms with Crippen LogP contribution in [-0.2, 0) is 5.41 Å². The Kier molecular flexibility index (Phi) is 8.47. The van der Waals surface area contributed by atoms with Crippen LogP contribution in [-0.4, -0.2) is 23.7 Å². The van der Waals surface area contributed by atoms with Gasteiger partial charge in [0.15, 0.2) is 5.82 Å². The Morgan fingerprint density at radius 3 is 2.48 bits per heavy atom. The van der Waals surface area contributed by atoms with Gasteiger partial charge in [-0.05, 0) is 65.2 Å². The first-order valence-electron chi connectivity index (χ1n) is 10.5. The van der Waals surface area contributed by atoms with Crippen LogP contribution in [0, 0.1) is 0 Å². The standard InChI is InChI=1S/C25H28ClN3O3S/c1-6-7-15-31-23-21(32-19-10-8-9-18(16-19)30-5)22(27-24(26)28-23)29-33-20-13-11-17(12-14-20)25(2,3)4/h6,8-14,16H,1,7,15H2,2-5H3,(H,27,28,29). The molecule has 6 nitrogen and oxygen atoms in total. The van der Waals surface area contributed by atoms with E-state index in [9.17, 15) is 0 Å². The maximum absolute atomic E-state index is 6.19. The molecule has 1 aromatic heterocycles. The maximum atomic E-state index is 6.19. The van der Waals surface area contributed by atoms with Gasteiger partial charge in [0, 0.05) is 11.0 Å². The van der Waals surface area contributed by atoms with E-state index in [4.69, 9.17) is 25.8 Å².